The molecule has 3 rings (SSSR count). The monoisotopic (exact) mass is 354 g/mol. The van der Waals surface area contributed by atoms with Gasteiger partial charge in [0, 0.05) is 35.2 Å². The van der Waals surface area contributed by atoms with Crippen molar-refractivity contribution in [3.8, 4) is 10.4 Å². The summed E-state index contributed by atoms with van der Waals surface area (Å²) in [5.41, 5.74) is 6.82. The molecule has 1 aliphatic rings. The molecule has 25 heavy (non-hydrogen) atoms. The Kier molecular flexibility index (Phi) is 4.86. The zero-order valence-corrected chi connectivity index (χ0v) is 13.7. The average Bonchev–Trinajstić information content (AvgIpc) is 2.84. The molecule has 126 valence electrons. The number of hydrogen-bond acceptors (Lipinski definition) is 6. The first-order valence-corrected chi connectivity index (χ1v) is 8.01. The lowest BCUT2D eigenvalue weighted by molar-refractivity contribution is 0.0968. The zero-order chi connectivity index (χ0) is 17.6. The van der Waals surface area contributed by atoms with Gasteiger partial charge in [0.15, 0.2) is 0 Å². The summed E-state index contributed by atoms with van der Waals surface area (Å²) >= 11 is 1.22. The lowest BCUT2D eigenvalue weighted by Crippen LogP contribution is -2.25. The summed E-state index contributed by atoms with van der Waals surface area (Å²) < 4.78 is 0. The van der Waals surface area contributed by atoms with Crippen molar-refractivity contribution in [2.24, 2.45) is 5.73 Å². The fourth-order valence-corrected chi connectivity index (χ4v) is 3.10. The van der Waals surface area contributed by atoms with Crippen LogP contribution in [0.25, 0.3) is 10.4 Å². The fraction of sp³-hybridized carbons (Fsp3) is 0. The minimum absolute atomic E-state index is 0.300. The van der Waals surface area contributed by atoms with Crippen molar-refractivity contribution in [1.82, 2.24) is 20.6 Å². The number of rotatable bonds is 4. The second-order valence-corrected chi connectivity index (χ2v) is 5.96. The molecule has 5 N–H and O–H groups in total. The number of allylic oxidation sites excluding steroid dienone is 3. The summed E-state index contributed by atoms with van der Waals surface area (Å²) in [5, 5.41) is 8.52. The van der Waals surface area contributed by atoms with Gasteiger partial charge in [0.05, 0.1) is 11.3 Å². The van der Waals surface area contributed by atoms with Crippen LogP contribution in [-0.4, -0.2) is 21.9 Å². The quantitative estimate of drug-likeness (QED) is 0.668. The van der Waals surface area contributed by atoms with Crippen LogP contribution in [0, 0.1) is 0 Å². The van der Waals surface area contributed by atoms with Crippen molar-refractivity contribution in [1.29, 1.82) is 0 Å². The third kappa shape index (κ3) is 4.09. The second-order valence-electron chi connectivity index (χ2n) is 4.91. The molecule has 1 aliphatic heterocycles. The number of thiophene rings is 1. The predicted octanol–water partition coefficient (Wildman–Crippen LogP) is 1.94. The Morgan fingerprint density at radius 1 is 1.16 bits per heavy atom. The van der Waals surface area contributed by atoms with E-state index in [2.05, 4.69) is 25.9 Å². The lowest BCUT2D eigenvalue weighted by atomic mass is 10.2. The number of nitrogens with two attached hydrogens (primary N) is 1. The highest BCUT2D eigenvalue weighted by atomic mass is 32.1. The molecule has 0 bridgehead atoms. The molecule has 2 aromatic heterocycles. The van der Waals surface area contributed by atoms with E-state index in [1.165, 1.54) is 17.7 Å². The topological polar surface area (TPSA) is 122 Å². The van der Waals surface area contributed by atoms with Gasteiger partial charge >= 0.3 is 6.03 Å². The molecule has 0 saturated heterocycles. The van der Waals surface area contributed by atoms with E-state index in [4.69, 9.17) is 5.73 Å². The van der Waals surface area contributed by atoms with Crippen LogP contribution in [0.2, 0.25) is 0 Å². The van der Waals surface area contributed by atoms with E-state index in [0.717, 1.165) is 10.4 Å². The molecule has 0 aromatic carbocycles. The van der Waals surface area contributed by atoms with Gasteiger partial charge in [-0.15, -0.1) is 11.3 Å². The normalized spacial score (nSPS) is 12.7. The number of nitrogens with one attached hydrogen (secondary N) is 3. The van der Waals surface area contributed by atoms with E-state index in [0.29, 0.717) is 16.3 Å². The fourth-order valence-electron chi connectivity index (χ4n) is 2.07. The minimum Gasteiger partial charge on any atom is -0.366 e. The lowest BCUT2D eigenvalue weighted by Gasteiger charge is -2.06. The molecule has 0 saturated carbocycles. The molecule has 3 heterocycles. The van der Waals surface area contributed by atoms with Gasteiger partial charge in [-0.1, -0.05) is 6.08 Å². The molecule has 2 aromatic rings. The van der Waals surface area contributed by atoms with E-state index in [-0.39, 0.29) is 5.91 Å². The number of amides is 3. The van der Waals surface area contributed by atoms with Crippen LogP contribution in [0.1, 0.15) is 10.4 Å². The summed E-state index contributed by atoms with van der Waals surface area (Å²) in [5.74, 6) is -0.373. The summed E-state index contributed by atoms with van der Waals surface area (Å²) in [6.45, 7) is 0. The smallest absolute Gasteiger partial charge is 0.317 e. The summed E-state index contributed by atoms with van der Waals surface area (Å²) in [7, 11) is 0. The van der Waals surface area contributed by atoms with E-state index < -0.39 is 6.03 Å². The van der Waals surface area contributed by atoms with Crippen LogP contribution in [-0.2, 0) is 0 Å². The highest BCUT2D eigenvalue weighted by Crippen LogP contribution is 2.35. The van der Waals surface area contributed by atoms with Crippen LogP contribution >= 0.6 is 11.3 Å². The van der Waals surface area contributed by atoms with Crippen LogP contribution in [0.15, 0.2) is 61.1 Å². The van der Waals surface area contributed by atoms with Gasteiger partial charge in [-0.2, -0.15) is 0 Å². The molecular weight excluding hydrogens is 340 g/mol. The van der Waals surface area contributed by atoms with Crippen LogP contribution < -0.4 is 21.7 Å². The molecule has 0 unspecified atom stereocenters. The van der Waals surface area contributed by atoms with Gasteiger partial charge in [-0.3, -0.25) is 10.1 Å². The molecule has 9 heteroatoms. The van der Waals surface area contributed by atoms with E-state index >= 15 is 0 Å². The van der Waals surface area contributed by atoms with Crippen molar-refractivity contribution in [3.05, 3.63) is 66.7 Å². The number of nitrogens with zero attached hydrogens (tertiary/aromatic N) is 2. The van der Waals surface area contributed by atoms with E-state index in [9.17, 15) is 9.59 Å². The number of carbonyl (C=O) groups excluding carboxylic acids is 2. The largest absolute Gasteiger partial charge is 0.366 e. The van der Waals surface area contributed by atoms with Gasteiger partial charge < -0.3 is 16.4 Å². The van der Waals surface area contributed by atoms with Crippen molar-refractivity contribution in [3.63, 3.8) is 0 Å². The highest BCUT2D eigenvalue weighted by molar-refractivity contribution is 7.20. The molecule has 0 fully saturated rings. The van der Waals surface area contributed by atoms with Crippen molar-refractivity contribution in [2.75, 3.05) is 5.32 Å². The third-order valence-electron chi connectivity index (χ3n) is 3.13. The number of anilines is 1. The zero-order valence-electron chi connectivity index (χ0n) is 12.9. The Morgan fingerprint density at radius 2 is 1.96 bits per heavy atom. The Labute approximate surface area is 147 Å². The summed E-state index contributed by atoms with van der Waals surface area (Å²) in [6, 6.07) is 0.919. The van der Waals surface area contributed by atoms with Gasteiger partial charge in [0.2, 0.25) is 0 Å². The van der Waals surface area contributed by atoms with Crippen molar-refractivity contribution < 1.29 is 9.59 Å². The molecule has 0 atom stereocenters. The van der Waals surface area contributed by atoms with Gasteiger partial charge in [-0.05, 0) is 18.2 Å². The maximum atomic E-state index is 12.6. The average molecular weight is 354 g/mol. The van der Waals surface area contributed by atoms with Crippen molar-refractivity contribution in [2.45, 2.75) is 0 Å². The first-order valence-electron chi connectivity index (χ1n) is 7.20. The first kappa shape index (κ1) is 16.4. The van der Waals surface area contributed by atoms with E-state index in [1.54, 1.807) is 49.1 Å². The van der Waals surface area contributed by atoms with Crippen LogP contribution in [0.5, 0.6) is 0 Å². The first-order chi connectivity index (χ1) is 12.1. The van der Waals surface area contributed by atoms with Crippen molar-refractivity contribution >= 4 is 28.3 Å². The maximum Gasteiger partial charge on any atom is 0.317 e. The van der Waals surface area contributed by atoms with Gasteiger partial charge in [0.1, 0.15) is 11.3 Å². The number of urea groups is 1. The van der Waals surface area contributed by atoms with Gasteiger partial charge in [0.25, 0.3) is 5.91 Å². The van der Waals surface area contributed by atoms with Crippen LogP contribution in [0.3, 0.4) is 0 Å². The number of aromatic nitrogens is 2. The molecule has 0 radical (unpaired) electrons. The molecule has 0 spiro atoms. The Balaban J connectivity index is 1.90. The second kappa shape index (κ2) is 7.41. The van der Waals surface area contributed by atoms with E-state index in [1.807, 2.05) is 0 Å². The number of hydrogen-bond donors (Lipinski definition) is 4. The molecule has 3 amide bonds. The van der Waals surface area contributed by atoms with Crippen LogP contribution in [0.4, 0.5) is 9.80 Å². The SMILES string of the molecule is NC(=O)Nc1sc(-c2cncnc2)cc1C(=O)NC1=CNC=CC=C1. The standard InChI is InChI=1S/C16H14N6O2S/c17-16(24)22-15-12(5-13(25-15)10-6-19-9-20-7-10)14(23)21-11-3-1-2-4-18-8-11/h1-9,18H,(H,21,23)(H3,17,22,24). The Morgan fingerprint density at radius 3 is 2.72 bits per heavy atom. The Bertz CT molecular complexity index is 885. The summed E-state index contributed by atoms with van der Waals surface area (Å²) in [4.78, 5) is 32.5. The Hall–Kier alpha value is -3.46. The maximum absolute atomic E-state index is 12.6. The minimum atomic E-state index is -0.744. The molecular formula is C16H14N6O2S. The number of carbonyl (C=O) groups is 2. The highest BCUT2D eigenvalue weighted by Gasteiger charge is 2.19. The molecule has 0 aliphatic carbocycles. The summed E-state index contributed by atoms with van der Waals surface area (Å²) in [6.07, 6.45) is 13.4. The number of primary amides is 1. The van der Waals surface area contributed by atoms with Gasteiger partial charge in [-0.25, -0.2) is 14.8 Å². The third-order valence-corrected chi connectivity index (χ3v) is 4.23. The molecule has 8 nitrogen and oxygen atoms in total. The predicted molar refractivity (Wildman–Crippen MR) is 95.5 cm³/mol.